The lowest BCUT2D eigenvalue weighted by Crippen LogP contribution is -2.08. The predicted octanol–water partition coefficient (Wildman–Crippen LogP) is 2.49. The van der Waals surface area contributed by atoms with Gasteiger partial charge in [-0.1, -0.05) is 5.57 Å². The molecule has 0 saturated carbocycles. The Bertz CT molecular complexity index is 212. The van der Waals surface area contributed by atoms with Crippen LogP contribution in [0.25, 0.3) is 0 Å². The Labute approximate surface area is 71.5 Å². The zero-order valence-electron chi connectivity index (χ0n) is 6.42. The Morgan fingerprint density at radius 2 is 2.00 bits per heavy atom. The van der Waals surface area contributed by atoms with Gasteiger partial charge in [-0.25, -0.2) is 0 Å². The first kappa shape index (κ1) is 7.24. The second-order valence-electron chi connectivity index (χ2n) is 3.30. The van der Waals surface area contributed by atoms with Crippen molar-refractivity contribution < 1.29 is 0 Å². The normalized spacial score (nSPS) is 35.0. The van der Waals surface area contributed by atoms with Crippen LogP contribution in [-0.2, 0) is 0 Å². The Balaban J connectivity index is 2.09. The third kappa shape index (κ3) is 1.44. The van der Waals surface area contributed by atoms with Gasteiger partial charge in [-0.3, -0.25) is 0 Å². The summed E-state index contributed by atoms with van der Waals surface area (Å²) >= 11 is 2.13. The molecule has 11 heavy (non-hydrogen) atoms. The average molecular weight is 165 g/mol. The predicted molar refractivity (Wildman–Crippen MR) is 47.3 cm³/mol. The topological polar surface area (TPSA) is 23.8 Å². The molecule has 0 aliphatic carbocycles. The van der Waals surface area contributed by atoms with Crippen molar-refractivity contribution in [1.29, 1.82) is 5.26 Å². The van der Waals surface area contributed by atoms with Gasteiger partial charge in [-0.2, -0.15) is 17.0 Å². The summed E-state index contributed by atoms with van der Waals surface area (Å²) in [7, 11) is 0. The summed E-state index contributed by atoms with van der Waals surface area (Å²) < 4.78 is 0. The fourth-order valence-corrected chi connectivity index (χ4v) is 3.67. The van der Waals surface area contributed by atoms with Crippen LogP contribution in [0.5, 0.6) is 0 Å². The van der Waals surface area contributed by atoms with E-state index in [1.54, 1.807) is 6.08 Å². The number of allylic oxidation sites excluding steroid dienone is 2. The molecular weight excluding hydrogens is 154 g/mol. The van der Waals surface area contributed by atoms with Gasteiger partial charge in [0, 0.05) is 16.6 Å². The molecule has 0 aromatic heterocycles. The van der Waals surface area contributed by atoms with Crippen LogP contribution in [0.3, 0.4) is 0 Å². The van der Waals surface area contributed by atoms with E-state index in [0.29, 0.717) is 0 Å². The van der Waals surface area contributed by atoms with Crippen molar-refractivity contribution in [2.24, 2.45) is 0 Å². The summed E-state index contributed by atoms with van der Waals surface area (Å²) in [6.07, 6.45) is 6.85. The molecule has 0 aromatic rings. The molecule has 2 atom stereocenters. The number of hydrogen-bond donors (Lipinski definition) is 0. The minimum atomic E-state index is 0.841. The van der Waals surface area contributed by atoms with Crippen molar-refractivity contribution in [2.45, 2.75) is 36.2 Å². The van der Waals surface area contributed by atoms with Crippen LogP contribution in [0.1, 0.15) is 25.7 Å². The molecule has 2 fully saturated rings. The van der Waals surface area contributed by atoms with E-state index in [1.807, 2.05) is 0 Å². The van der Waals surface area contributed by atoms with Gasteiger partial charge < -0.3 is 0 Å². The zero-order chi connectivity index (χ0) is 7.68. The zero-order valence-corrected chi connectivity index (χ0v) is 7.23. The summed E-state index contributed by atoms with van der Waals surface area (Å²) in [5.74, 6) is 0. The van der Waals surface area contributed by atoms with E-state index < -0.39 is 0 Å². The second kappa shape index (κ2) is 2.91. The van der Waals surface area contributed by atoms with Crippen LogP contribution >= 0.6 is 11.8 Å². The summed E-state index contributed by atoms with van der Waals surface area (Å²) in [4.78, 5) is 0. The van der Waals surface area contributed by atoms with E-state index in [9.17, 15) is 0 Å². The minimum Gasteiger partial charge on any atom is -0.193 e. The molecule has 0 amide bonds. The number of nitriles is 1. The molecule has 0 aromatic carbocycles. The van der Waals surface area contributed by atoms with Crippen molar-refractivity contribution in [2.75, 3.05) is 0 Å². The Kier molecular flexibility index (Phi) is 1.91. The third-order valence-corrected chi connectivity index (χ3v) is 4.02. The molecule has 2 heterocycles. The number of thioether (sulfide) groups is 1. The van der Waals surface area contributed by atoms with E-state index in [2.05, 4.69) is 17.8 Å². The summed E-state index contributed by atoms with van der Waals surface area (Å²) in [6, 6.07) is 2.13. The molecule has 0 spiro atoms. The largest absolute Gasteiger partial charge is 0.193 e. The van der Waals surface area contributed by atoms with E-state index in [-0.39, 0.29) is 0 Å². The van der Waals surface area contributed by atoms with Crippen molar-refractivity contribution in [3.63, 3.8) is 0 Å². The molecule has 0 radical (unpaired) electrons. The summed E-state index contributed by atoms with van der Waals surface area (Å²) in [5.41, 5.74) is 1.39. The number of nitrogens with zero attached hydrogens (tertiary/aromatic N) is 1. The first-order chi connectivity index (χ1) is 5.38. The van der Waals surface area contributed by atoms with Gasteiger partial charge in [-0.15, -0.1) is 0 Å². The van der Waals surface area contributed by atoms with E-state index in [4.69, 9.17) is 5.26 Å². The number of fused-ring (bicyclic) bond motifs is 2. The van der Waals surface area contributed by atoms with Crippen molar-refractivity contribution in [3.05, 3.63) is 11.6 Å². The molecule has 2 heteroatoms. The quantitative estimate of drug-likeness (QED) is 0.515. The SMILES string of the molecule is N#CC=C1CC2CCC(C1)S2. The van der Waals surface area contributed by atoms with Crippen molar-refractivity contribution in [1.82, 2.24) is 0 Å². The van der Waals surface area contributed by atoms with Crippen LogP contribution in [-0.4, -0.2) is 10.5 Å². The van der Waals surface area contributed by atoms with Crippen LogP contribution in [0, 0.1) is 11.3 Å². The first-order valence-electron chi connectivity index (χ1n) is 4.11. The van der Waals surface area contributed by atoms with Crippen LogP contribution < -0.4 is 0 Å². The van der Waals surface area contributed by atoms with Crippen LogP contribution in [0.2, 0.25) is 0 Å². The van der Waals surface area contributed by atoms with Crippen LogP contribution in [0.15, 0.2) is 11.6 Å². The fourth-order valence-electron chi connectivity index (χ4n) is 1.96. The standard InChI is InChI=1S/C9H11NS/c10-4-3-7-5-8-1-2-9(6-7)11-8/h3,8-9H,1-2,5-6H2. The lowest BCUT2D eigenvalue weighted by molar-refractivity contribution is 0.777. The third-order valence-electron chi connectivity index (χ3n) is 2.44. The molecule has 2 aliphatic rings. The van der Waals surface area contributed by atoms with E-state index in [1.165, 1.54) is 31.3 Å². The van der Waals surface area contributed by atoms with Gasteiger partial charge in [0.2, 0.25) is 0 Å². The molecule has 58 valence electrons. The molecule has 2 unspecified atom stereocenters. The summed E-state index contributed by atoms with van der Waals surface area (Å²) in [6.45, 7) is 0. The molecule has 2 aliphatic heterocycles. The Morgan fingerprint density at radius 3 is 2.55 bits per heavy atom. The molecule has 0 N–H and O–H groups in total. The maximum atomic E-state index is 8.48. The average Bonchev–Trinajstić information content (AvgIpc) is 2.32. The van der Waals surface area contributed by atoms with E-state index >= 15 is 0 Å². The highest BCUT2D eigenvalue weighted by atomic mass is 32.2. The lowest BCUT2D eigenvalue weighted by Gasteiger charge is -2.20. The van der Waals surface area contributed by atoms with Gasteiger partial charge in [0.15, 0.2) is 0 Å². The highest BCUT2D eigenvalue weighted by molar-refractivity contribution is 8.00. The Morgan fingerprint density at radius 1 is 1.36 bits per heavy atom. The van der Waals surface area contributed by atoms with E-state index in [0.717, 1.165) is 10.5 Å². The smallest absolute Gasteiger partial charge is 0.0911 e. The minimum absolute atomic E-state index is 0.841. The number of hydrogen-bond acceptors (Lipinski definition) is 2. The second-order valence-corrected chi connectivity index (χ2v) is 4.90. The van der Waals surface area contributed by atoms with Gasteiger partial charge >= 0.3 is 0 Å². The molecular formula is C9H11NS. The van der Waals surface area contributed by atoms with Gasteiger partial charge in [-0.05, 0) is 25.7 Å². The monoisotopic (exact) mass is 165 g/mol. The maximum absolute atomic E-state index is 8.48. The van der Waals surface area contributed by atoms with Gasteiger partial charge in [0.05, 0.1) is 6.07 Å². The molecule has 2 bridgehead atoms. The highest BCUT2D eigenvalue weighted by Gasteiger charge is 2.31. The number of rotatable bonds is 0. The molecule has 1 nitrogen and oxygen atoms in total. The van der Waals surface area contributed by atoms with Crippen LogP contribution in [0.4, 0.5) is 0 Å². The Hall–Kier alpha value is -0.420. The lowest BCUT2D eigenvalue weighted by atomic mass is 10.1. The maximum Gasteiger partial charge on any atom is 0.0911 e. The first-order valence-corrected chi connectivity index (χ1v) is 5.06. The molecule has 2 saturated heterocycles. The molecule has 2 rings (SSSR count). The fraction of sp³-hybridized carbons (Fsp3) is 0.667. The highest BCUT2D eigenvalue weighted by Crippen LogP contribution is 2.45. The summed E-state index contributed by atoms with van der Waals surface area (Å²) in [5, 5.41) is 10.2. The van der Waals surface area contributed by atoms with Gasteiger partial charge in [0.1, 0.15) is 0 Å². The van der Waals surface area contributed by atoms with Gasteiger partial charge in [0.25, 0.3) is 0 Å². The van der Waals surface area contributed by atoms with Crippen molar-refractivity contribution >= 4 is 11.8 Å². The van der Waals surface area contributed by atoms with Crippen molar-refractivity contribution in [3.8, 4) is 6.07 Å².